The predicted octanol–water partition coefficient (Wildman–Crippen LogP) is 1.24. The number of amides is 3. The van der Waals surface area contributed by atoms with Gasteiger partial charge in [-0.15, -0.1) is 0 Å². The zero-order valence-electron chi connectivity index (χ0n) is 14.1. The number of esters is 1. The number of hydrogen-bond donors (Lipinski definition) is 2. The lowest BCUT2D eigenvalue weighted by Gasteiger charge is -2.08. The van der Waals surface area contributed by atoms with Gasteiger partial charge >= 0.3 is 12.0 Å². The fraction of sp³-hybridized carbons (Fsp3) is 0.438. The van der Waals surface area contributed by atoms with Crippen LogP contribution in [0.25, 0.3) is 0 Å². The van der Waals surface area contributed by atoms with E-state index in [-0.39, 0.29) is 11.3 Å². The number of nitrogens with one attached hydrogen (secondary N) is 2. The van der Waals surface area contributed by atoms with Gasteiger partial charge in [-0.25, -0.2) is 14.0 Å². The largest absolute Gasteiger partial charge is 0.497 e. The van der Waals surface area contributed by atoms with Crippen LogP contribution in [0.1, 0.15) is 23.7 Å². The van der Waals surface area contributed by atoms with Gasteiger partial charge in [0.15, 0.2) is 6.61 Å². The molecule has 138 valence electrons. The third kappa shape index (κ3) is 7.62. The van der Waals surface area contributed by atoms with E-state index < -0.39 is 30.3 Å². The highest BCUT2D eigenvalue weighted by atomic mass is 19.1. The van der Waals surface area contributed by atoms with Crippen molar-refractivity contribution in [2.24, 2.45) is 0 Å². The molecular weight excluding hydrogens is 335 g/mol. The fourth-order valence-corrected chi connectivity index (χ4v) is 1.72. The maximum atomic E-state index is 13.7. The van der Waals surface area contributed by atoms with Crippen molar-refractivity contribution in [3.63, 3.8) is 0 Å². The van der Waals surface area contributed by atoms with Crippen molar-refractivity contribution >= 4 is 17.9 Å². The first-order valence-electron chi connectivity index (χ1n) is 7.64. The molecule has 0 aliphatic rings. The molecule has 3 amide bonds. The van der Waals surface area contributed by atoms with E-state index in [1.165, 1.54) is 19.2 Å². The number of ether oxygens (including phenoxy) is 3. The van der Waals surface area contributed by atoms with E-state index in [0.29, 0.717) is 26.2 Å². The average Bonchev–Trinajstić information content (AvgIpc) is 2.59. The molecule has 2 N–H and O–H groups in total. The minimum Gasteiger partial charge on any atom is -0.497 e. The number of carbonyl (C=O) groups excluding carboxylic acids is 3. The topological polar surface area (TPSA) is 103 Å². The van der Waals surface area contributed by atoms with Crippen LogP contribution in [0.15, 0.2) is 18.2 Å². The zero-order chi connectivity index (χ0) is 18.7. The van der Waals surface area contributed by atoms with Crippen molar-refractivity contribution in [2.75, 3.05) is 33.5 Å². The van der Waals surface area contributed by atoms with Crippen molar-refractivity contribution < 1.29 is 33.0 Å². The van der Waals surface area contributed by atoms with Gasteiger partial charge in [0, 0.05) is 25.8 Å². The number of urea groups is 1. The molecule has 0 bridgehead atoms. The molecule has 0 spiro atoms. The van der Waals surface area contributed by atoms with E-state index in [2.05, 4.69) is 10.1 Å². The second-order valence-electron chi connectivity index (χ2n) is 4.78. The van der Waals surface area contributed by atoms with Crippen molar-refractivity contribution in [1.29, 1.82) is 0 Å². The van der Waals surface area contributed by atoms with Crippen molar-refractivity contribution in [3.8, 4) is 5.75 Å². The molecule has 1 aromatic carbocycles. The highest BCUT2D eigenvalue weighted by Gasteiger charge is 2.16. The number of benzene rings is 1. The minimum absolute atomic E-state index is 0.243. The van der Waals surface area contributed by atoms with Crippen LogP contribution in [0.4, 0.5) is 9.18 Å². The highest BCUT2D eigenvalue weighted by Crippen LogP contribution is 2.16. The van der Waals surface area contributed by atoms with Gasteiger partial charge < -0.3 is 19.5 Å². The molecule has 8 nitrogen and oxygen atoms in total. The van der Waals surface area contributed by atoms with Gasteiger partial charge in [-0.05, 0) is 25.5 Å². The minimum atomic E-state index is -1.02. The van der Waals surface area contributed by atoms with E-state index >= 15 is 0 Å². The van der Waals surface area contributed by atoms with Crippen molar-refractivity contribution in [1.82, 2.24) is 10.6 Å². The van der Waals surface area contributed by atoms with Crippen molar-refractivity contribution in [3.05, 3.63) is 29.6 Å². The Bertz CT molecular complexity index is 608. The maximum absolute atomic E-state index is 13.7. The van der Waals surface area contributed by atoms with Gasteiger partial charge in [0.25, 0.3) is 5.91 Å². The summed E-state index contributed by atoms with van der Waals surface area (Å²) < 4.78 is 28.3. The quantitative estimate of drug-likeness (QED) is 0.510. The molecule has 0 aromatic heterocycles. The summed E-state index contributed by atoms with van der Waals surface area (Å²) in [5.74, 6) is -2.44. The van der Waals surface area contributed by atoms with E-state index in [1.807, 2.05) is 12.2 Å². The van der Waals surface area contributed by atoms with Gasteiger partial charge in [0.1, 0.15) is 11.6 Å². The Morgan fingerprint density at radius 2 is 2.00 bits per heavy atom. The summed E-state index contributed by atoms with van der Waals surface area (Å²) >= 11 is 0. The molecule has 0 aliphatic carbocycles. The van der Waals surface area contributed by atoms with Crippen LogP contribution in [0, 0.1) is 5.82 Å². The molecule has 25 heavy (non-hydrogen) atoms. The summed E-state index contributed by atoms with van der Waals surface area (Å²) in [5, 5.41) is 4.44. The van der Waals surface area contributed by atoms with Crippen LogP contribution in [0.5, 0.6) is 5.75 Å². The van der Waals surface area contributed by atoms with Crippen LogP contribution in [-0.2, 0) is 14.3 Å². The van der Waals surface area contributed by atoms with E-state index in [4.69, 9.17) is 9.47 Å². The summed E-state index contributed by atoms with van der Waals surface area (Å²) in [6.45, 7) is 2.56. The molecular formula is C16H21FN2O6. The molecule has 0 saturated heterocycles. The number of carbonyl (C=O) groups is 3. The Labute approximate surface area is 144 Å². The Kier molecular flexibility index (Phi) is 8.94. The Balaban J connectivity index is 2.33. The lowest BCUT2D eigenvalue weighted by molar-refractivity contribution is -0.123. The van der Waals surface area contributed by atoms with Gasteiger partial charge in [0.05, 0.1) is 12.7 Å². The third-order valence-corrected chi connectivity index (χ3v) is 2.94. The standard InChI is InChI=1S/C16H21FN2O6/c1-3-24-8-4-7-18-16(22)19-14(20)10-25-15(21)12-6-5-11(23-2)9-13(12)17/h5-6,9H,3-4,7-8,10H2,1-2H3,(H2,18,19,20,22). The fourth-order valence-electron chi connectivity index (χ4n) is 1.72. The van der Waals surface area contributed by atoms with Gasteiger partial charge in [-0.3, -0.25) is 10.1 Å². The monoisotopic (exact) mass is 356 g/mol. The molecule has 0 atom stereocenters. The Morgan fingerprint density at radius 3 is 2.64 bits per heavy atom. The summed E-state index contributed by atoms with van der Waals surface area (Å²) in [6, 6.07) is 2.87. The van der Waals surface area contributed by atoms with E-state index in [1.54, 1.807) is 0 Å². The molecule has 1 rings (SSSR count). The average molecular weight is 356 g/mol. The van der Waals surface area contributed by atoms with Gasteiger partial charge in [0.2, 0.25) is 0 Å². The van der Waals surface area contributed by atoms with E-state index in [0.717, 1.165) is 6.07 Å². The van der Waals surface area contributed by atoms with Crippen LogP contribution in [0.2, 0.25) is 0 Å². The molecule has 0 aliphatic heterocycles. The summed E-state index contributed by atoms with van der Waals surface area (Å²) in [6.07, 6.45) is 0.598. The summed E-state index contributed by atoms with van der Waals surface area (Å²) in [7, 11) is 1.36. The molecule has 0 fully saturated rings. The highest BCUT2D eigenvalue weighted by molar-refractivity contribution is 5.97. The number of imide groups is 1. The lowest BCUT2D eigenvalue weighted by atomic mass is 10.2. The number of halogens is 1. The number of methoxy groups -OCH3 is 1. The van der Waals surface area contributed by atoms with Gasteiger partial charge in [-0.2, -0.15) is 0 Å². The molecule has 0 heterocycles. The van der Waals surface area contributed by atoms with Crippen LogP contribution < -0.4 is 15.4 Å². The van der Waals surface area contributed by atoms with Gasteiger partial charge in [-0.1, -0.05) is 0 Å². The number of rotatable bonds is 9. The molecule has 0 radical (unpaired) electrons. The molecule has 0 unspecified atom stereocenters. The Morgan fingerprint density at radius 1 is 1.24 bits per heavy atom. The van der Waals surface area contributed by atoms with Crippen LogP contribution in [-0.4, -0.2) is 51.4 Å². The van der Waals surface area contributed by atoms with Crippen molar-refractivity contribution in [2.45, 2.75) is 13.3 Å². The summed E-state index contributed by atoms with van der Waals surface area (Å²) in [4.78, 5) is 34.7. The SMILES string of the molecule is CCOCCCNC(=O)NC(=O)COC(=O)c1ccc(OC)cc1F. The predicted molar refractivity (Wildman–Crippen MR) is 85.9 cm³/mol. The first-order chi connectivity index (χ1) is 12.0. The molecule has 1 aromatic rings. The van der Waals surface area contributed by atoms with Crippen LogP contribution in [0.3, 0.4) is 0 Å². The normalized spacial score (nSPS) is 10.0. The maximum Gasteiger partial charge on any atom is 0.341 e. The van der Waals surface area contributed by atoms with Crippen LogP contribution >= 0.6 is 0 Å². The third-order valence-electron chi connectivity index (χ3n) is 2.94. The smallest absolute Gasteiger partial charge is 0.341 e. The first-order valence-corrected chi connectivity index (χ1v) is 7.64. The second kappa shape index (κ2) is 11.0. The first kappa shape index (κ1) is 20.4. The summed E-state index contributed by atoms with van der Waals surface area (Å²) in [5.41, 5.74) is -0.339. The second-order valence-corrected chi connectivity index (χ2v) is 4.78. The Hall–Kier alpha value is -2.68. The molecule has 0 saturated carbocycles. The zero-order valence-corrected chi connectivity index (χ0v) is 14.1. The lowest BCUT2D eigenvalue weighted by Crippen LogP contribution is -2.42. The number of hydrogen-bond acceptors (Lipinski definition) is 6. The molecule has 9 heteroatoms. The van der Waals surface area contributed by atoms with E-state index in [9.17, 15) is 18.8 Å².